The molecule has 2 N–H and O–H groups in total. The molecule has 112 valence electrons. The second kappa shape index (κ2) is 5.69. The van der Waals surface area contributed by atoms with E-state index in [2.05, 4.69) is 10.3 Å². The summed E-state index contributed by atoms with van der Waals surface area (Å²) in [6.45, 7) is 1.04. The Morgan fingerprint density at radius 2 is 2.29 bits per heavy atom. The first-order valence-corrected chi connectivity index (χ1v) is 7.04. The number of carboxylic acids is 1. The lowest BCUT2D eigenvalue weighted by Gasteiger charge is -2.37. The molecule has 1 saturated heterocycles. The zero-order valence-electron chi connectivity index (χ0n) is 11.5. The van der Waals surface area contributed by atoms with Gasteiger partial charge in [-0.3, -0.25) is 0 Å². The molecule has 1 aliphatic heterocycles. The molecular weight excluding hydrogens is 274 g/mol. The van der Waals surface area contributed by atoms with Crippen molar-refractivity contribution in [1.82, 2.24) is 9.88 Å². The van der Waals surface area contributed by atoms with Gasteiger partial charge in [-0.25, -0.2) is 14.6 Å². The van der Waals surface area contributed by atoms with Gasteiger partial charge in [0.1, 0.15) is 0 Å². The third-order valence-electron chi connectivity index (χ3n) is 3.99. The molecule has 2 atom stereocenters. The molecule has 1 saturated carbocycles. The van der Waals surface area contributed by atoms with Gasteiger partial charge >= 0.3 is 12.0 Å². The van der Waals surface area contributed by atoms with E-state index in [0.717, 1.165) is 19.3 Å². The highest BCUT2D eigenvalue weighted by Crippen LogP contribution is 2.30. The Bertz CT molecular complexity index is 563. The quantitative estimate of drug-likeness (QED) is 0.863. The first-order valence-electron chi connectivity index (χ1n) is 7.04. The Morgan fingerprint density at radius 1 is 1.43 bits per heavy atom. The van der Waals surface area contributed by atoms with Crippen molar-refractivity contribution < 1.29 is 19.4 Å². The minimum atomic E-state index is -1.16. The summed E-state index contributed by atoms with van der Waals surface area (Å²) in [7, 11) is 0. The van der Waals surface area contributed by atoms with Crippen LogP contribution < -0.4 is 5.32 Å². The molecule has 0 aromatic carbocycles. The molecule has 2 unspecified atom stereocenters. The molecule has 0 spiro atoms. The van der Waals surface area contributed by atoms with Crippen LogP contribution in [0.25, 0.3) is 0 Å². The van der Waals surface area contributed by atoms with Gasteiger partial charge in [-0.15, -0.1) is 0 Å². The van der Waals surface area contributed by atoms with Crippen molar-refractivity contribution in [3.63, 3.8) is 0 Å². The van der Waals surface area contributed by atoms with Gasteiger partial charge in [0.05, 0.1) is 24.4 Å². The van der Waals surface area contributed by atoms with Crippen LogP contribution in [-0.4, -0.2) is 52.3 Å². The Balaban J connectivity index is 1.76. The summed E-state index contributed by atoms with van der Waals surface area (Å²) in [5.74, 6) is -1.16. The number of nitrogens with zero attached hydrogens (tertiary/aromatic N) is 2. The lowest BCUT2D eigenvalue weighted by molar-refractivity contribution is -0.0362. The number of aromatic nitrogens is 1. The zero-order chi connectivity index (χ0) is 14.8. The lowest BCUT2D eigenvalue weighted by atomic mass is 10.1. The molecule has 1 aromatic rings. The second-order valence-corrected chi connectivity index (χ2v) is 5.24. The van der Waals surface area contributed by atoms with Gasteiger partial charge in [-0.2, -0.15) is 0 Å². The summed E-state index contributed by atoms with van der Waals surface area (Å²) >= 11 is 0. The molecule has 0 bridgehead atoms. The maximum absolute atomic E-state index is 12.4. The molecular formula is C14H17N3O4. The Labute approximate surface area is 121 Å². The van der Waals surface area contributed by atoms with Crippen molar-refractivity contribution in [2.24, 2.45) is 0 Å². The molecule has 7 nitrogen and oxygen atoms in total. The molecule has 2 aliphatic rings. The molecule has 7 heteroatoms. The average molecular weight is 291 g/mol. The van der Waals surface area contributed by atoms with Gasteiger partial charge in [0.25, 0.3) is 0 Å². The summed E-state index contributed by atoms with van der Waals surface area (Å²) in [5, 5.41) is 11.8. The van der Waals surface area contributed by atoms with Crippen LogP contribution in [0.4, 0.5) is 10.5 Å². The predicted molar refractivity (Wildman–Crippen MR) is 74.3 cm³/mol. The number of carboxylic acid groups (broad SMARTS) is 1. The van der Waals surface area contributed by atoms with E-state index in [4.69, 9.17) is 9.84 Å². The Morgan fingerprint density at radius 3 is 3.10 bits per heavy atom. The van der Waals surface area contributed by atoms with Crippen LogP contribution in [0.15, 0.2) is 18.3 Å². The van der Waals surface area contributed by atoms with Crippen LogP contribution in [0.5, 0.6) is 0 Å². The van der Waals surface area contributed by atoms with Crippen LogP contribution in [-0.2, 0) is 4.74 Å². The van der Waals surface area contributed by atoms with E-state index in [1.807, 2.05) is 0 Å². The van der Waals surface area contributed by atoms with E-state index in [1.165, 1.54) is 6.20 Å². The van der Waals surface area contributed by atoms with E-state index in [1.54, 1.807) is 17.0 Å². The molecule has 1 aliphatic carbocycles. The Hall–Kier alpha value is -2.15. The number of aromatic carboxylic acids is 1. The number of ether oxygens (including phenoxy) is 1. The van der Waals surface area contributed by atoms with Gasteiger partial charge in [0, 0.05) is 12.7 Å². The van der Waals surface area contributed by atoms with Crippen LogP contribution in [0.3, 0.4) is 0 Å². The number of amides is 2. The number of fused-ring (bicyclic) bond motifs is 1. The van der Waals surface area contributed by atoms with E-state index < -0.39 is 5.97 Å². The molecule has 2 amide bonds. The number of hydrogen-bond donors (Lipinski definition) is 2. The van der Waals surface area contributed by atoms with Crippen molar-refractivity contribution in [3.05, 3.63) is 24.0 Å². The average Bonchev–Trinajstić information content (AvgIpc) is 2.95. The number of carbonyl (C=O) groups excluding carboxylic acids is 1. The van der Waals surface area contributed by atoms with Crippen LogP contribution in [0.2, 0.25) is 0 Å². The third kappa shape index (κ3) is 2.69. The van der Waals surface area contributed by atoms with Gasteiger partial charge in [-0.05, 0) is 31.4 Å². The number of pyridine rings is 1. The maximum atomic E-state index is 12.4. The minimum Gasteiger partial charge on any atom is -0.476 e. The SMILES string of the molecule is O=C(O)c1ncccc1NC(=O)N1CCOC2CCCC21. The summed E-state index contributed by atoms with van der Waals surface area (Å²) in [6, 6.07) is 2.94. The monoisotopic (exact) mass is 291 g/mol. The number of urea groups is 1. The third-order valence-corrected chi connectivity index (χ3v) is 3.99. The maximum Gasteiger partial charge on any atom is 0.356 e. The van der Waals surface area contributed by atoms with Gasteiger partial charge in [0.15, 0.2) is 5.69 Å². The summed E-state index contributed by atoms with van der Waals surface area (Å²) in [6.07, 6.45) is 4.45. The van der Waals surface area contributed by atoms with Gasteiger partial charge in [0.2, 0.25) is 0 Å². The van der Waals surface area contributed by atoms with Crippen LogP contribution in [0.1, 0.15) is 29.8 Å². The topological polar surface area (TPSA) is 91.8 Å². The summed E-state index contributed by atoms with van der Waals surface area (Å²) < 4.78 is 5.67. The van der Waals surface area contributed by atoms with E-state index in [9.17, 15) is 9.59 Å². The highest BCUT2D eigenvalue weighted by atomic mass is 16.5. The predicted octanol–water partition coefficient (Wildman–Crippen LogP) is 1.56. The van der Waals surface area contributed by atoms with Crippen molar-refractivity contribution in [3.8, 4) is 0 Å². The molecule has 2 fully saturated rings. The number of nitrogens with one attached hydrogen (secondary N) is 1. The normalized spacial score (nSPS) is 24.5. The van der Waals surface area contributed by atoms with Crippen molar-refractivity contribution in [2.45, 2.75) is 31.4 Å². The van der Waals surface area contributed by atoms with Crippen LogP contribution in [0, 0.1) is 0 Å². The number of morpholine rings is 1. The smallest absolute Gasteiger partial charge is 0.356 e. The largest absolute Gasteiger partial charge is 0.476 e. The van der Waals surface area contributed by atoms with E-state index in [0.29, 0.717) is 13.2 Å². The molecule has 2 heterocycles. The second-order valence-electron chi connectivity index (χ2n) is 5.24. The minimum absolute atomic E-state index is 0.0868. The number of hydrogen-bond acceptors (Lipinski definition) is 4. The fraction of sp³-hybridized carbons (Fsp3) is 0.500. The first-order chi connectivity index (χ1) is 10.2. The molecule has 3 rings (SSSR count). The molecule has 21 heavy (non-hydrogen) atoms. The standard InChI is InChI=1S/C14H17N3O4/c18-13(19)12-9(3-2-6-15-12)16-14(20)17-7-8-21-11-5-1-4-10(11)17/h2-3,6,10-11H,1,4-5,7-8H2,(H,16,20)(H,18,19). The summed E-state index contributed by atoms with van der Waals surface area (Å²) in [4.78, 5) is 29.1. The summed E-state index contributed by atoms with van der Waals surface area (Å²) in [5.41, 5.74) is 0.0677. The first kappa shape index (κ1) is 13.8. The van der Waals surface area contributed by atoms with Crippen molar-refractivity contribution in [1.29, 1.82) is 0 Å². The van der Waals surface area contributed by atoms with Gasteiger partial charge in [-0.1, -0.05) is 0 Å². The van der Waals surface area contributed by atoms with Crippen molar-refractivity contribution in [2.75, 3.05) is 18.5 Å². The van der Waals surface area contributed by atoms with Crippen molar-refractivity contribution >= 4 is 17.7 Å². The van der Waals surface area contributed by atoms with Crippen LogP contribution >= 0.6 is 0 Å². The number of carbonyl (C=O) groups is 2. The van der Waals surface area contributed by atoms with E-state index >= 15 is 0 Å². The number of anilines is 1. The van der Waals surface area contributed by atoms with E-state index in [-0.39, 0.29) is 29.6 Å². The lowest BCUT2D eigenvalue weighted by Crippen LogP contribution is -2.52. The number of rotatable bonds is 2. The highest BCUT2D eigenvalue weighted by molar-refractivity contribution is 5.98. The fourth-order valence-corrected chi connectivity index (χ4v) is 3.04. The Kier molecular flexibility index (Phi) is 3.74. The fourth-order valence-electron chi connectivity index (χ4n) is 3.04. The molecule has 1 aromatic heterocycles. The highest BCUT2D eigenvalue weighted by Gasteiger charge is 2.38. The molecule has 0 radical (unpaired) electrons. The zero-order valence-corrected chi connectivity index (χ0v) is 11.5. The van der Waals surface area contributed by atoms with Gasteiger partial charge < -0.3 is 20.1 Å².